The second-order valence-electron chi connectivity index (χ2n) is 4.04. The van der Waals surface area contributed by atoms with Crippen molar-refractivity contribution in [1.82, 2.24) is 4.98 Å². The first-order valence-corrected chi connectivity index (χ1v) is 6.22. The third kappa shape index (κ3) is 2.65. The molecule has 0 saturated heterocycles. The summed E-state index contributed by atoms with van der Waals surface area (Å²) in [6.45, 7) is 10.2. The molecule has 0 fully saturated rings. The standard InChI is InChI=1S/C14H21NO2/c1-6-11-9(4)15-10(5)12(7-2)13(11)14(16)17-8-3/h6-8H2,1-5H3. The first kappa shape index (κ1) is 13.7. The van der Waals surface area contributed by atoms with Gasteiger partial charge in [0.15, 0.2) is 0 Å². The van der Waals surface area contributed by atoms with Crippen LogP contribution in [0.1, 0.15) is 53.6 Å². The molecule has 0 aliphatic carbocycles. The quantitative estimate of drug-likeness (QED) is 0.753. The number of hydrogen-bond donors (Lipinski definition) is 0. The van der Waals surface area contributed by atoms with Crippen LogP contribution in [0.3, 0.4) is 0 Å². The Morgan fingerprint density at radius 2 is 1.53 bits per heavy atom. The Balaban J connectivity index is 3.45. The van der Waals surface area contributed by atoms with E-state index < -0.39 is 0 Å². The molecule has 0 aromatic carbocycles. The van der Waals surface area contributed by atoms with Crippen LogP contribution in [0, 0.1) is 13.8 Å². The fourth-order valence-electron chi connectivity index (χ4n) is 2.25. The highest BCUT2D eigenvalue weighted by Gasteiger charge is 2.20. The summed E-state index contributed by atoms with van der Waals surface area (Å²) in [5.74, 6) is -0.213. The highest BCUT2D eigenvalue weighted by molar-refractivity contribution is 5.93. The molecule has 0 spiro atoms. The zero-order valence-corrected chi connectivity index (χ0v) is 11.4. The van der Waals surface area contributed by atoms with Crippen molar-refractivity contribution in [1.29, 1.82) is 0 Å². The van der Waals surface area contributed by atoms with Gasteiger partial charge in [0.2, 0.25) is 0 Å². The number of hydrogen-bond acceptors (Lipinski definition) is 3. The van der Waals surface area contributed by atoms with Gasteiger partial charge in [0, 0.05) is 11.4 Å². The van der Waals surface area contributed by atoms with E-state index in [0.29, 0.717) is 6.61 Å². The average molecular weight is 235 g/mol. The Hall–Kier alpha value is -1.38. The Kier molecular flexibility index (Phi) is 4.67. The van der Waals surface area contributed by atoms with Gasteiger partial charge in [-0.25, -0.2) is 4.79 Å². The molecule has 0 unspecified atom stereocenters. The van der Waals surface area contributed by atoms with Crippen molar-refractivity contribution in [2.75, 3.05) is 6.61 Å². The molecule has 1 aromatic heterocycles. The minimum absolute atomic E-state index is 0.213. The molecule has 1 heterocycles. The molecule has 17 heavy (non-hydrogen) atoms. The number of carbonyl (C=O) groups excluding carboxylic acids is 1. The Morgan fingerprint density at radius 1 is 1.06 bits per heavy atom. The smallest absolute Gasteiger partial charge is 0.338 e. The monoisotopic (exact) mass is 235 g/mol. The molecule has 0 amide bonds. The summed E-state index contributed by atoms with van der Waals surface area (Å²) < 4.78 is 5.16. The maximum Gasteiger partial charge on any atom is 0.338 e. The molecule has 0 aliphatic rings. The highest BCUT2D eigenvalue weighted by Crippen LogP contribution is 2.22. The lowest BCUT2D eigenvalue weighted by atomic mass is 9.95. The van der Waals surface area contributed by atoms with Gasteiger partial charge in [0.05, 0.1) is 12.2 Å². The summed E-state index contributed by atoms with van der Waals surface area (Å²) in [5.41, 5.74) is 4.65. The van der Waals surface area contributed by atoms with E-state index in [1.165, 1.54) is 0 Å². The summed E-state index contributed by atoms with van der Waals surface area (Å²) in [6.07, 6.45) is 1.61. The van der Waals surface area contributed by atoms with E-state index >= 15 is 0 Å². The molecule has 94 valence electrons. The predicted molar refractivity (Wildman–Crippen MR) is 68.4 cm³/mol. The van der Waals surface area contributed by atoms with Gasteiger partial charge in [-0.1, -0.05) is 13.8 Å². The Morgan fingerprint density at radius 3 is 1.88 bits per heavy atom. The van der Waals surface area contributed by atoms with Crippen LogP contribution in [0.15, 0.2) is 0 Å². The van der Waals surface area contributed by atoms with Gasteiger partial charge in [-0.05, 0) is 44.7 Å². The number of aryl methyl sites for hydroxylation is 2. The SMILES string of the molecule is CCOC(=O)c1c(CC)c(C)nc(C)c1CC. The van der Waals surface area contributed by atoms with E-state index in [1.807, 2.05) is 34.6 Å². The minimum atomic E-state index is -0.213. The number of aromatic nitrogens is 1. The van der Waals surface area contributed by atoms with Crippen LogP contribution in [0.5, 0.6) is 0 Å². The zero-order valence-electron chi connectivity index (χ0n) is 11.4. The molecule has 0 saturated carbocycles. The molecule has 3 heteroatoms. The molecule has 3 nitrogen and oxygen atoms in total. The van der Waals surface area contributed by atoms with Gasteiger partial charge in [-0.3, -0.25) is 4.98 Å². The van der Waals surface area contributed by atoms with Gasteiger partial charge in [-0.15, -0.1) is 0 Å². The van der Waals surface area contributed by atoms with Gasteiger partial charge >= 0.3 is 5.97 Å². The second-order valence-corrected chi connectivity index (χ2v) is 4.04. The van der Waals surface area contributed by atoms with Gasteiger partial charge in [0.1, 0.15) is 0 Å². The third-order valence-electron chi connectivity index (χ3n) is 3.00. The normalized spacial score (nSPS) is 10.4. The van der Waals surface area contributed by atoms with E-state index in [0.717, 1.165) is 40.9 Å². The van der Waals surface area contributed by atoms with Gasteiger partial charge < -0.3 is 4.74 Å². The molecule has 0 bridgehead atoms. The first-order chi connectivity index (χ1) is 8.06. The lowest BCUT2D eigenvalue weighted by Gasteiger charge is -2.16. The predicted octanol–water partition coefficient (Wildman–Crippen LogP) is 3.00. The van der Waals surface area contributed by atoms with E-state index in [-0.39, 0.29) is 5.97 Å². The molecular formula is C14H21NO2. The van der Waals surface area contributed by atoms with Crippen molar-refractivity contribution in [2.45, 2.75) is 47.5 Å². The summed E-state index contributed by atoms with van der Waals surface area (Å²) in [4.78, 5) is 16.6. The number of pyridine rings is 1. The number of esters is 1. The summed E-state index contributed by atoms with van der Waals surface area (Å²) in [5, 5.41) is 0. The fraction of sp³-hybridized carbons (Fsp3) is 0.571. The van der Waals surface area contributed by atoms with E-state index in [9.17, 15) is 4.79 Å². The fourth-order valence-corrected chi connectivity index (χ4v) is 2.25. The number of carbonyl (C=O) groups is 1. The second kappa shape index (κ2) is 5.80. The first-order valence-electron chi connectivity index (χ1n) is 6.22. The molecular weight excluding hydrogens is 214 g/mol. The lowest BCUT2D eigenvalue weighted by Crippen LogP contribution is -2.15. The Bertz CT molecular complexity index is 396. The van der Waals surface area contributed by atoms with Crippen LogP contribution >= 0.6 is 0 Å². The molecule has 0 N–H and O–H groups in total. The lowest BCUT2D eigenvalue weighted by molar-refractivity contribution is 0.0523. The highest BCUT2D eigenvalue weighted by atomic mass is 16.5. The zero-order chi connectivity index (χ0) is 13.0. The third-order valence-corrected chi connectivity index (χ3v) is 3.00. The van der Waals surface area contributed by atoms with Crippen molar-refractivity contribution in [3.8, 4) is 0 Å². The molecule has 0 aliphatic heterocycles. The van der Waals surface area contributed by atoms with Gasteiger partial charge in [-0.2, -0.15) is 0 Å². The van der Waals surface area contributed by atoms with Crippen LogP contribution in [-0.4, -0.2) is 17.6 Å². The van der Waals surface area contributed by atoms with Crippen LogP contribution in [0.4, 0.5) is 0 Å². The van der Waals surface area contributed by atoms with Crippen molar-refractivity contribution >= 4 is 5.97 Å². The van der Waals surface area contributed by atoms with Crippen molar-refractivity contribution in [2.24, 2.45) is 0 Å². The molecule has 0 radical (unpaired) electrons. The van der Waals surface area contributed by atoms with Crippen molar-refractivity contribution in [3.63, 3.8) is 0 Å². The van der Waals surface area contributed by atoms with Crippen molar-refractivity contribution < 1.29 is 9.53 Å². The molecule has 1 rings (SSSR count). The maximum atomic E-state index is 12.1. The van der Waals surface area contributed by atoms with Crippen LogP contribution < -0.4 is 0 Å². The van der Waals surface area contributed by atoms with Crippen LogP contribution in [0.25, 0.3) is 0 Å². The Labute approximate surface area is 103 Å². The van der Waals surface area contributed by atoms with E-state index in [4.69, 9.17) is 4.74 Å². The number of nitrogens with zero attached hydrogens (tertiary/aromatic N) is 1. The molecule has 1 aromatic rings. The number of ether oxygens (including phenoxy) is 1. The van der Waals surface area contributed by atoms with Crippen molar-refractivity contribution in [3.05, 3.63) is 28.1 Å². The summed E-state index contributed by atoms with van der Waals surface area (Å²) in [7, 11) is 0. The average Bonchev–Trinajstić information content (AvgIpc) is 2.28. The van der Waals surface area contributed by atoms with Gasteiger partial charge in [0.25, 0.3) is 0 Å². The number of rotatable bonds is 4. The maximum absolute atomic E-state index is 12.1. The van der Waals surface area contributed by atoms with Crippen LogP contribution in [0.2, 0.25) is 0 Å². The largest absolute Gasteiger partial charge is 0.462 e. The molecule has 0 atom stereocenters. The summed E-state index contributed by atoms with van der Waals surface area (Å²) in [6, 6.07) is 0. The van der Waals surface area contributed by atoms with Crippen LogP contribution in [-0.2, 0) is 17.6 Å². The minimum Gasteiger partial charge on any atom is -0.462 e. The van der Waals surface area contributed by atoms with E-state index in [2.05, 4.69) is 4.98 Å². The summed E-state index contributed by atoms with van der Waals surface area (Å²) >= 11 is 0. The topological polar surface area (TPSA) is 39.2 Å². The van der Waals surface area contributed by atoms with E-state index in [1.54, 1.807) is 0 Å².